The molecule has 0 radical (unpaired) electrons. The summed E-state index contributed by atoms with van der Waals surface area (Å²) in [5.74, 6) is -0.197. The number of carbonyl (C=O) groups is 1. The molecule has 0 saturated carbocycles. The van der Waals surface area contributed by atoms with Crippen LogP contribution in [0.15, 0.2) is 53.5 Å². The van der Waals surface area contributed by atoms with E-state index in [1.807, 2.05) is 24.4 Å². The summed E-state index contributed by atoms with van der Waals surface area (Å²) in [6, 6.07) is 13.7. The summed E-state index contributed by atoms with van der Waals surface area (Å²) in [6.45, 7) is 6.54. The van der Waals surface area contributed by atoms with Gasteiger partial charge in [-0.3, -0.25) is 19.4 Å². The highest BCUT2D eigenvalue weighted by molar-refractivity contribution is 6.30. The maximum Gasteiger partial charge on any atom is 0.224 e. The minimum absolute atomic E-state index is 0.0109. The van der Waals surface area contributed by atoms with Crippen molar-refractivity contribution in [3.8, 4) is 0 Å². The van der Waals surface area contributed by atoms with Crippen LogP contribution in [0.4, 0.5) is 0 Å². The topological polar surface area (TPSA) is 86.5 Å². The third kappa shape index (κ3) is 5.81. The molecule has 6 rings (SSSR count). The van der Waals surface area contributed by atoms with Gasteiger partial charge in [0.15, 0.2) is 5.43 Å². The molecule has 4 aromatic rings. The van der Waals surface area contributed by atoms with Gasteiger partial charge in [0, 0.05) is 85.5 Å². The number of carbonyl (C=O) groups excluding carboxylic acids is 1. The number of hydrogen-bond acceptors (Lipinski definition) is 6. The minimum atomic E-state index is -0.236. The van der Waals surface area contributed by atoms with Gasteiger partial charge < -0.3 is 19.6 Å². The number of halogens is 1. The fraction of sp³-hybridized carbons (Fsp3) is 0.400. The maximum absolute atomic E-state index is 13.7. The Morgan fingerprint density at radius 1 is 1.05 bits per heavy atom. The van der Waals surface area contributed by atoms with Crippen molar-refractivity contribution < 1.29 is 14.6 Å². The Morgan fingerprint density at radius 2 is 1.82 bits per heavy atom. The molecule has 204 valence electrons. The molecule has 2 aromatic heterocycles. The van der Waals surface area contributed by atoms with E-state index in [4.69, 9.17) is 16.3 Å². The van der Waals surface area contributed by atoms with Crippen LogP contribution in [0.25, 0.3) is 16.3 Å². The van der Waals surface area contributed by atoms with Gasteiger partial charge in [0.1, 0.15) is 0 Å². The van der Waals surface area contributed by atoms with E-state index in [0.29, 0.717) is 35.6 Å². The molecule has 0 unspecified atom stereocenters. The van der Waals surface area contributed by atoms with E-state index in [9.17, 15) is 14.7 Å². The van der Waals surface area contributed by atoms with Crippen LogP contribution in [-0.4, -0.2) is 77.3 Å². The number of aromatic nitrogens is 1. The molecule has 0 aliphatic carbocycles. The van der Waals surface area contributed by atoms with E-state index in [1.165, 1.54) is 0 Å². The van der Waals surface area contributed by atoms with Crippen molar-refractivity contribution in [2.24, 2.45) is 0 Å². The number of ether oxygens (including phenoxy) is 1. The summed E-state index contributed by atoms with van der Waals surface area (Å²) in [4.78, 5) is 31.2. The first-order valence-corrected chi connectivity index (χ1v) is 13.9. The summed E-state index contributed by atoms with van der Waals surface area (Å²) >= 11 is 5.96. The molecule has 0 atom stereocenters. The number of benzene rings is 2. The summed E-state index contributed by atoms with van der Waals surface area (Å²) < 4.78 is 7.60. The van der Waals surface area contributed by atoms with Crippen LogP contribution in [0.1, 0.15) is 22.4 Å². The first kappa shape index (κ1) is 26.2. The van der Waals surface area contributed by atoms with Crippen LogP contribution in [-0.2, 0) is 35.5 Å². The summed E-state index contributed by atoms with van der Waals surface area (Å²) in [5, 5.41) is 15.0. The lowest BCUT2D eigenvalue weighted by atomic mass is 10.0. The Hall–Kier alpha value is -3.01. The number of rotatable bonds is 9. The van der Waals surface area contributed by atoms with Gasteiger partial charge in [0.05, 0.1) is 31.3 Å². The molecular weight excluding hydrogens is 516 g/mol. The molecule has 4 heterocycles. The zero-order valence-electron chi connectivity index (χ0n) is 21.9. The van der Waals surface area contributed by atoms with Gasteiger partial charge in [-0.15, -0.1) is 0 Å². The number of pyridine rings is 1. The molecule has 1 amide bonds. The Balaban J connectivity index is 1.30. The summed E-state index contributed by atoms with van der Waals surface area (Å²) in [6.07, 6.45) is 2.42. The zero-order valence-corrected chi connectivity index (χ0v) is 22.6. The zero-order chi connectivity index (χ0) is 26.9. The molecule has 8 nitrogen and oxygen atoms in total. The van der Waals surface area contributed by atoms with Crippen molar-refractivity contribution in [2.75, 3.05) is 45.9 Å². The Kier molecular flexibility index (Phi) is 7.55. The van der Waals surface area contributed by atoms with Crippen LogP contribution in [0, 0.1) is 0 Å². The van der Waals surface area contributed by atoms with Crippen molar-refractivity contribution in [1.82, 2.24) is 19.5 Å². The van der Waals surface area contributed by atoms with Crippen LogP contribution < -0.4 is 10.7 Å². The highest BCUT2D eigenvalue weighted by Crippen LogP contribution is 2.27. The van der Waals surface area contributed by atoms with Gasteiger partial charge in [-0.25, -0.2) is 0 Å². The molecule has 39 heavy (non-hydrogen) atoms. The predicted octanol–water partition coefficient (Wildman–Crippen LogP) is 2.45. The molecule has 9 heteroatoms. The smallest absolute Gasteiger partial charge is 0.224 e. The first-order valence-electron chi connectivity index (χ1n) is 13.6. The van der Waals surface area contributed by atoms with Crippen molar-refractivity contribution in [3.05, 3.63) is 86.3 Å². The quantitative estimate of drug-likeness (QED) is 0.334. The van der Waals surface area contributed by atoms with Crippen LogP contribution >= 0.6 is 11.6 Å². The third-order valence-electron chi connectivity index (χ3n) is 7.78. The van der Waals surface area contributed by atoms with Crippen molar-refractivity contribution in [1.29, 1.82) is 0 Å². The summed E-state index contributed by atoms with van der Waals surface area (Å²) in [7, 11) is 0. The molecule has 0 bridgehead atoms. The monoisotopic (exact) mass is 548 g/mol. The van der Waals surface area contributed by atoms with Gasteiger partial charge in [0.2, 0.25) is 5.91 Å². The first-order chi connectivity index (χ1) is 18.9. The number of amides is 1. The fourth-order valence-electron chi connectivity index (χ4n) is 5.66. The number of hydrogen-bond donors (Lipinski definition) is 2. The number of nitrogens with zero attached hydrogens (tertiary/aromatic N) is 3. The average molecular weight is 549 g/mol. The number of morpholine rings is 1. The molecule has 2 aromatic carbocycles. The van der Waals surface area contributed by atoms with E-state index < -0.39 is 0 Å². The van der Waals surface area contributed by atoms with Crippen molar-refractivity contribution in [3.63, 3.8) is 0 Å². The number of aliphatic hydroxyl groups excluding tert-OH is 1. The molecule has 2 aliphatic rings. The maximum atomic E-state index is 13.7. The highest BCUT2D eigenvalue weighted by atomic mass is 35.5. The van der Waals surface area contributed by atoms with E-state index in [0.717, 1.165) is 73.5 Å². The lowest BCUT2D eigenvalue weighted by Crippen LogP contribution is -2.51. The van der Waals surface area contributed by atoms with E-state index in [1.54, 1.807) is 12.1 Å². The lowest BCUT2D eigenvalue weighted by molar-refractivity contribution is -0.120. The second kappa shape index (κ2) is 11.2. The van der Waals surface area contributed by atoms with Crippen LogP contribution in [0.3, 0.4) is 0 Å². The Labute approximate surface area is 232 Å². The van der Waals surface area contributed by atoms with Gasteiger partial charge in [0.25, 0.3) is 0 Å². The van der Waals surface area contributed by atoms with Crippen LogP contribution in [0.5, 0.6) is 0 Å². The molecule has 0 spiro atoms. The largest absolute Gasteiger partial charge is 0.390 e. The minimum Gasteiger partial charge on any atom is -0.390 e. The van der Waals surface area contributed by atoms with Gasteiger partial charge in [-0.2, -0.15) is 0 Å². The second-order valence-corrected chi connectivity index (χ2v) is 11.1. The Bertz CT molecular complexity index is 1520. The normalized spacial score (nSPS) is 17.2. The number of β-amino-alcohol motifs (C(OH)–C–C–N with tert-alkyl or cyclic N) is 1. The average Bonchev–Trinajstić information content (AvgIpc) is 3.26. The highest BCUT2D eigenvalue weighted by Gasteiger charge is 2.24. The summed E-state index contributed by atoms with van der Waals surface area (Å²) in [5.41, 5.74) is 4.44. The van der Waals surface area contributed by atoms with E-state index in [2.05, 4.69) is 31.7 Å². The molecule has 2 saturated heterocycles. The molecule has 2 N–H and O–H groups in total. The SMILES string of the molecule is O=C(Cc1cn2c(CCN3CC(O)C3)cc3cc(CN4CCOCC4)cc(c1=O)c32)NCc1ccc(Cl)cc1. The van der Waals surface area contributed by atoms with Crippen molar-refractivity contribution in [2.45, 2.75) is 32.0 Å². The van der Waals surface area contributed by atoms with Crippen molar-refractivity contribution >= 4 is 33.8 Å². The van der Waals surface area contributed by atoms with E-state index in [-0.39, 0.29) is 23.9 Å². The van der Waals surface area contributed by atoms with Gasteiger partial charge in [-0.1, -0.05) is 23.7 Å². The Morgan fingerprint density at radius 3 is 2.56 bits per heavy atom. The molecule has 2 fully saturated rings. The van der Waals surface area contributed by atoms with Gasteiger partial charge in [-0.05, 0) is 41.5 Å². The number of likely N-dealkylation sites (tertiary alicyclic amines) is 1. The molecular formula is C30H33ClN4O4. The fourth-order valence-corrected chi connectivity index (χ4v) is 5.79. The number of aliphatic hydroxyl groups is 1. The van der Waals surface area contributed by atoms with E-state index >= 15 is 0 Å². The van der Waals surface area contributed by atoms with Crippen LogP contribution in [0.2, 0.25) is 5.02 Å². The second-order valence-electron chi connectivity index (χ2n) is 10.7. The molecule has 2 aliphatic heterocycles. The predicted molar refractivity (Wildman–Crippen MR) is 152 cm³/mol. The lowest BCUT2D eigenvalue weighted by Gasteiger charge is -2.35. The number of nitrogens with one attached hydrogen (secondary N) is 1. The standard InChI is InChI=1S/C30H33ClN4O4/c31-24-3-1-20(2-4-24)15-32-28(37)14-23-17-35-25(5-6-34-18-26(36)19-34)13-22-11-21(12-27(29(22)35)30(23)38)16-33-7-9-39-10-8-33/h1-4,11-13,17,26,36H,5-10,14-16,18-19H2,(H,32,37). The van der Waals surface area contributed by atoms with Gasteiger partial charge >= 0.3 is 0 Å². The third-order valence-corrected chi connectivity index (χ3v) is 8.03.